The Labute approximate surface area is 164 Å². The Morgan fingerprint density at radius 1 is 1.04 bits per heavy atom. The second-order valence-electron chi connectivity index (χ2n) is 8.02. The van der Waals surface area contributed by atoms with Gasteiger partial charge in [-0.25, -0.2) is 4.79 Å². The lowest BCUT2D eigenvalue weighted by Crippen LogP contribution is -2.13. The summed E-state index contributed by atoms with van der Waals surface area (Å²) in [5.74, 6) is 0.739. The zero-order chi connectivity index (χ0) is 19.1. The molecule has 0 saturated heterocycles. The third-order valence-electron chi connectivity index (χ3n) is 6.29. The van der Waals surface area contributed by atoms with E-state index in [2.05, 4.69) is 28.8 Å². The quantitative estimate of drug-likeness (QED) is 0.612. The molecule has 3 aromatic rings. The Hall–Kier alpha value is -2.75. The average Bonchev–Trinajstić information content (AvgIpc) is 3.07. The molecule has 1 fully saturated rings. The van der Waals surface area contributed by atoms with Crippen LogP contribution in [0.5, 0.6) is 5.75 Å². The number of aromatic carboxylic acids is 1. The van der Waals surface area contributed by atoms with Crippen LogP contribution in [0.3, 0.4) is 0 Å². The van der Waals surface area contributed by atoms with Crippen molar-refractivity contribution in [2.75, 3.05) is 6.61 Å². The number of hydrogen-bond donors (Lipinski definition) is 1. The zero-order valence-corrected chi connectivity index (χ0v) is 16.0. The first-order valence-corrected chi connectivity index (χ1v) is 10.3. The number of carbonyl (C=O) groups is 1. The van der Waals surface area contributed by atoms with Gasteiger partial charge < -0.3 is 14.4 Å². The van der Waals surface area contributed by atoms with Crippen LogP contribution in [0.25, 0.3) is 22.2 Å². The fourth-order valence-electron chi connectivity index (χ4n) is 4.90. The summed E-state index contributed by atoms with van der Waals surface area (Å²) in [5.41, 5.74) is 4.94. The van der Waals surface area contributed by atoms with Gasteiger partial charge in [-0.15, -0.1) is 0 Å². The Bertz CT molecular complexity index is 1040. The van der Waals surface area contributed by atoms with Gasteiger partial charge in [0.05, 0.1) is 17.9 Å². The molecule has 28 heavy (non-hydrogen) atoms. The Morgan fingerprint density at radius 3 is 2.71 bits per heavy atom. The van der Waals surface area contributed by atoms with E-state index >= 15 is 0 Å². The van der Waals surface area contributed by atoms with Gasteiger partial charge in [-0.3, -0.25) is 0 Å². The fourth-order valence-corrected chi connectivity index (χ4v) is 4.90. The molecule has 2 heterocycles. The molecule has 5 rings (SSSR count). The normalized spacial score (nSPS) is 17.3. The van der Waals surface area contributed by atoms with E-state index < -0.39 is 5.97 Å². The van der Waals surface area contributed by atoms with E-state index in [1.165, 1.54) is 37.7 Å². The van der Waals surface area contributed by atoms with Gasteiger partial charge in [-0.1, -0.05) is 37.5 Å². The third-order valence-corrected chi connectivity index (χ3v) is 6.29. The molecule has 144 valence electrons. The highest BCUT2D eigenvalue weighted by molar-refractivity contribution is 5.96. The van der Waals surface area contributed by atoms with E-state index in [-0.39, 0.29) is 0 Å². The third kappa shape index (κ3) is 2.88. The molecule has 0 unspecified atom stereocenters. The van der Waals surface area contributed by atoms with Crippen molar-refractivity contribution in [3.05, 3.63) is 53.6 Å². The van der Waals surface area contributed by atoms with E-state index in [0.717, 1.165) is 40.9 Å². The Balaban J connectivity index is 1.69. The monoisotopic (exact) mass is 375 g/mol. The van der Waals surface area contributed by atoms with Crippen LogP contribution in [-0.2, 0) is 6.54 Å². The average molecular weight is 375 g/mol. The molecule has 0 amide bonds. The van der Waals surface area contributed by atoms with Crippen LogP contribution >= 0.6 is 0 Å². The van der Waals surface area contributed by atoms with Crippen molar-refractivity contribution in [1.29, 1.82) is 0 Å². The molecule has 1 saturated carbocycles. The molecular weight excluding hydrogens is 350 g/mol. The number of hydrogen-bond acceptors (Lipinski definition) is 2. The molecule has 0 bridgehead atoms. The predicted molar refractivity (Wildman–Crippen MR) is 110 cm³/mol. The van der Waals surface area contributed by atoms with E-state index in [1.807, 2.05) is 6.07 Å². The number of rotatable bonds is 2. The molecular formula is C24H25NO3. The van der Waals surface area contributed by atoms with Gasteiger partial charge in [0, 0.05) is 23.0 Å². The molecule has 1 aromatic heterocycles. The van der Waals surface area contributed by atoms with Crippen molar-refractivity contribution in [3.8, 4) is 17.0 Å². The first-order valence-electron chi connectivity index (χ1n) is 10.3. The minimum absolute atomic E-state index is 0.336. The first-order chi connectivity index (χ1) is 13.7. The highest BCUT2D eigenvalue weighted by Gasteiger charge is 2.24. The van der Waals surface area contributed by atoms with Crippen molar-refractivity contribution in [3.63, 3.8) is 0 Å². The molecule has 2 aromatic carbocycles. The van der Waals surface area contributed by atoms with Crippen LogP contribution in [0.4, 0.5) is 0 Å². The van der Waals surface area contributed by atoms with Crippen molar-refractivity contribution < 1.29 is 14.6 Å². The minimum atomic E-state index is -0.883. The predicted octanol–water partition coefficient (Wildman–Crippen LogP) is 5.84. The highest BCUT2D eigenvalue weighted by Crippen LogP contribution is 2.44. The van der Waals surface area contributed by atoms with E-state index in [0.29, 0.717) is 18.1 Å². The van der Waals surface area contributed by atoms with Gasteiger partial charge >= 0.3 is 5.97 Å². The number of fused-ring (bicyclic) bond motifs is 5. The van der Waals surface area contributed by atoms with Crippen LogP contribution in [0, 0.1) is 0 Å². The molecule has 1 aliphatic carbocycles. The summed E-state index contributed by atoms with van der Waals surface area (Å²) in [5, 5.41) is 10.5. The van der Waals surface area contributed by atoms with Crippen LogP contribution in [0.2, 0.25) is 0 Å². The summed E-state index contributed by atoms with van der Waals surface area (Å²) >= 11 is 0. The number of aryl methyl sites for hydroxylation is 1. The fraction of sp³-hybridized carbons (Fsp3) is 0.375. The lowest BCUT2D eigenvalue weighted by Gasteiger charge is -2.27. The number of benzene rings is 2. The zero-order valence-electron chi connectivity index (χ0n) is 16.0. The maximum Gasteiger partial charge on any atom is 0.335 e. The van der Waals surface area contributed by atoms with Crippen molar-refractivity contribution in [2.24, 2.45) is 0 Å². The SMILES string of the molecule is O=C(O)c1ccc2cc3n(c2c1)CCCOc1c-3cccc1C1CCCCC1. The van der Waals surface area contributed by atoms with Gasteiger partial charge in [0.15, 0.2) is 0 Å². The summed E-state index contributed by atoms with van der Waals surface area (Å²) in [6.07, 6.45) is 7.33. The molecule has 0 radical (unpaired) electrons. The molecule has 2 aliphatic rings. The lowest BCUT2D eigenvalue weighted by atomic mass is 9.83. The maximum absolute atomic E-state index is 11.4. The number of carboxylic acid groups (broad SMARTS) is 1. The lowest BCUT2D eigenvalue weighted by molar-refractivity contribution is 0.0697. The molecule has 0 spiro atoms. The molecule has 4 heteroatoms. The number of aromatic nitrogens is 1. The van der Waals surface area contributed by atoms with Gasteiger partial charge in [0.1, 0.15) is 5.75 Å². The molecule has 0 atom stereocenters. The van der Waals surface area contributed by atoms with Crippen LogP contribution in [0.1, 0.15) is 60.4 Å². The van der Waals surface area contributed by atoms with E-state index in [1.54, 1.807) is 12.1 Å². The molecule has 4 nitrogen and oxygen atoms in total. The Morgan fingerprint density at radius 2 is 1.89 bits per heavy atom. The van der Waals surface area contributed by atoms with Gasteiger partial charge in [-0.05, 0) is 55.0 Å². The summed E-state index contributed by atoms with van der Waals surface area (Å²) in [6, 6.07) is 14.1. The molecule has 1 N–H and O–H groups in total. The van der Waals surface area contributed by atoms with Gasteiger partial charge in [0.25, 0.3) is 0 Å². The van der Waals surface area contributed by atoms with E-state index in [9.17, 15) is 9.90 Å². The van der Waals surface area contributed by atoms with Crippen LogP contribution in [0.15, 0.2) is 42.5 Å². The summed E-state index contributed by atoms with van der Waals surface area (Å²) in [7, 11) is 0. The van der Waals surface area contributed by atoms with Crippen molar-refractivity contribution in [1.82, 2.24) is 4.57 Å². The summed E-state index contributed by atoms with van der Waals surface area (Å²) < 4.78 is 8.59. The van der Waals surface area contributed by atoms with Gasteiger partial charge in [-0.2, -0.15) is 0 Å². The standard InChI is InChI=1S/C24H25NO3/c26-24(27)18-11-10-17-14-22-20-9-4-8-19(16-6-2-1-3-7-16)23(20)28-13-5-12-25(22)21(17)15-18/h4,8-11,14-16H,1-3,5-7,12-13H2,(H,26,27). The second kappa shape index (κ2) is 7.01. The summed E-state index contributed by atoms with van der Waals surface area (Å²) in [4.78, 5) is 11.4. The number of para-hydroxylation sites is 1. The second-order valence-corrected chi connectivity index (χ2v) is 8.02. The topological polar surface area (TPSA) is 51.5 Å². The van der Waals surface area contributed by atoms with Gasteiger partial charge in [0.2, 0.25) is 0 Å². The smallest absolute Gasteiger partial charge is 0.335 e. The first kappa shape index (κ1) is 17.4. The number of ether oxygens (including phenoxy) is 1. The number of nitrogens with zero attached hydrogens (tertiary/aromatic N) is 1. The van der Waals surface area contributed by atoms with Crippen molar-refractivity contribution in [2.45, 2.75) is 51.0 Å². The van der Waals surface area contributed by atoms with Crippen molar-refractivity contribution >= 4 is 16.9 Å². The minimum Gasteiger partial charge on any atom is -0.493 e. The largest absolute Gasteiger partial charge is 0.493 e. The highest BCUT2D eigenvalue weighted by atomic mass is 16.5. The Kier molecular flexibility index (Phi) is 4.34. The maximum atomic E-state index is 11.4. The number of carboxylic acids is 1. The summed E-state index contributed by atoms with van der Waals surface area (Å²) in [6.45, 7) is 1.52. The van der Waals surface area contributed by atoms with Crippen LogP contribution < -0.4 is 4.74 Å². The molecule has 1 aliphatic heterocycles. The van der Waals surface area contributed by atoms with E-state index in [4.69, 9.17) is 4.74 Å². The van der Waals surface area contributed by atoms with Crippen LogP contribution in [-0.4, -0.2) is 22.2 Å².